The van der Waals surface area contributed by atoms with Crippen molar-refractivity contribution in [2.45, 2.75) is 38.3 Å². The Kier molecular flexibility index (Phi) is 3.44. The number of carbonyl (C=O) groups is 1. The number of likely N-dealkylation sites (N-methyl/N-ethyl adjacent to an activating group) is 1. The molecule has 0 aromatic carbocycles. The van der Waals surface area contributed by atoms with E-state index in [1.54, 1.807) is 17.9 Å². The van der Waals surface area contributed by atoms with E-state index in [4.69, 9.17) is 0 Å². The van der Waals surface area contributed by atoms with Crippen molar-refractivity contribution in [1.82, 2.24) is 15.1 Å². The molecule has 2 rings (SSSR count). The molecule has 0 saturated heterocycles. The molecule has 0 spiro atoms. The molecule has 0 unspecified atom stereocenters. The molecule has 1 fully saturated rings. The van der Waals surface area contributed by atoms with Gasteiger partial charge >= 0.3 is 0 Å². The molecular weight excluding hydrogens is 204 g/mol. The van der Waals surface area contributed by atoms with Crippen molar-refractivity contribution in [2.75, 3.05) is 12.4 Å². The zero-order valence-corrected chi connectivity index (χ0v) is 9.57. The van der Waals surface area contributed by atoms with Gasteiger partial charge in [-0.3, -0.25) is 9.48 Å². The highest BCUT2D eigenvalue weighted by Gasteiger charge is 2.15. The molecule has 1 saturated carbocycles. The molecule has 5 nitrogen and oxygen atoms in total. The maximum Gasteiger partial charge on any atom is 0.241 e. The zero-order valence-electron chi connectivity index (χ0n) is 9.57. The third kappa shape index (κ3) is 2.74. The average molecular weight is 222 g/mol. The van der Waals surface area contributed by atoms with Crippen LogP contribution < -0.4 is 10.6 Å². The minimum atomic E-state index is -0.0319. The monoisotopic (exact) mass is 222 g/mol. The van der Waals surface area contributed by atoms with Gasteiger partial charge in [0.25, 0.3) is 0 Å². The standard InChI is InChI=1S/C11H18N4O/c1-12-11(16)8-15-7-10(6-13-15)14-9-4-2-3-5-9/h6-7,9,14H,2-5,8H2,1H3,(H,12,16). The van der Waals surface area contributed by atoms with Crippen LogP contribution in [-0.2, 0) is 11.3 Å². The molecule has 1 aliphatic rings. The molecule has 1 aliphatic carbocycles. The van der Waals surface area contributed by atoms with E-state index in [1.165, 1.54) is 25.7 Å². The third-order valence-corrected chi connectivity index (χ3v) is 2.94. The maximum absolute atomic E-state index is 11.1. The average Bonchev–Trinajstić information content (AvgIpc) is 2.91. The van der Waals surface area contributed by atoms with Crippen molar-refractivity contribution in [3.63, 3.8) is 0 Å². The quantitative estimate of drug-likeness (QED) is 0.798. The van der Waals surface area contributed by atoms with Crippen LogP contribution in [-0.4, -0.2) is 28.8 Å². The van der Waals surface area contributed by atoms with Gasteiger partial charge in [0.05, 0.1) is 11.9 Å². The van der Waals surface area contributed by atoms with Gasteiger partial charge in [-0.25, -0.2) is 0 Å². The Balaban J connectivity index is 1.88. The van der Waals surface area contributed by atoms with Gasteiger partial charge in [0, 0.05) is 19.3 Å². The third-order valence-electron chi connectivity index (χ3n) is 2.94. The van der Waals surface area contributed by atoms with Crippen LogP contribution in [0.15, 0.2) is 12.4 Å². The first-order valence-corrected chi connectivity index (χ1v) is 5.77. The number of hydrogen-bond acceptors (Lipinski definition) is 3. The largest absolute Gasteiger partial charge is 0.380 e. The Morgan fingerprint density at radius 2 is 2.31 bits per heavy atom. The summed E-state index contributed by atoms with van der Waals surface area (Å²) in [6.07, 6.45) is 8.75. The molecule has 1 heterocycles. The lowest BCUT2D eigenvalue weighted by molar-refractivity contribution is -0.121. The Bertz CT molecular complexity index is 355. The number of aromatic nitrogens is 2. The Labute approximate surface area is 95.2 Å². The first-order chi connectivity index (χ1) is 7.78. The summed E-state index contributed by atoms with van der Waals surface area (Å²) < 4.78 is 1.65. The lowest BCUT2D eigenvalue weighted by atomic mass is 10.2. The number of amides is 1. The summed E-state index contributed by atoms with van der Waals surface area (Å²) in [4.78, 5) is 11.1. The van der Waals surface area contributed by atoms with Crippen LogP contribution >= 0.6 is 0 Å². The highest BCUT2D eigenvalue weighted by atomic mass is 16.1. The molecule has 0 atom stereocenters. The summed E-state index contributed by atoms with van der Waals surface area (Å²) >= 11 is 0. The van der Waals surface area contributed by atoms with Crippen LogP contribution in [0.4, 0.5) is 5.69 Å². The second-order valence-corrected chi connectivity index (χ2v) is 4.23. The van der Waals surface area contributed by atoms with Crippen LogP contribution in [0.3, 0.4) is 0 Å². The van der Waals surface area contributed by atoms with E-state index in [9.17, 15) is 4.79 Å². The minimum Gasteiger partial charge on any atom is -0.380 e. The van der Waals surface area contributed by atoms with Gasteiger partial charge in [0.1, 0.15) is 6.54 Å². The van der Waals surface area contributed by atoms with Crippen LogP contribution in [0.25, 0.3) is 0 Å². The molecule has 1 aromatic rings. The SMILES string of the molecule is CNC(=O)Cn1cc(NC2CCCC2)cn1. The van der Waals surface area contributed by atoms with E-state index >= 15 is 0 Å². The van der Waals surface area contributed by atoms with Gasteiger partial charge in [-0.05, 0) is 12.8 Å². The van der Waals surface area contributed by atoms with Gasteiger partial charge in [-0.15, -0.1) is 0 Å². The molecule has 1 aromatic heterocycles. The molecule has 0 bridgehead atoms. The first kappa shape index (κ1) is 11.0. The zero-order chi connectivity index (χ0) is 11.4. The summed E-state index contributed by atoms with van der Waals surface area (Å²) in [7, 11) is 1.63. The molecule has 16 heavy (non-hydrogen) atoms. The fourth-order valence-corrected chi connectivity index (χ4v) is 2.06. The van der Waals surface area contributed by atoms with Crippen molar-refractivity contribution < 1.29 is 4.79 Å². The van der Waals surface area contributed by atoms with E-state index in [0.717, 1.165) is 5.69 Å². The van der Waals surface area contributed by atoms with E-state index in [-0.39, 0.29) is 12.5 Å². The van der Waals surface area contributed by atoms with Gasteiger partial charge in [-0.1, -0.05) is 12.8 Å². The second-order valence-electron chi connectivity index (χ2n) is 4.23. The smallest absolute Gasteiger partial charge is 0.241 e. The van der Waals surface area contributed by atoms with Crippen LogP contribution in [0.1, 0.15) is 25.7 Å². The number of hydrogen-bond donors (Lipinski definition) is 2. The summed E-state index contributed by atoms with van der Waals surface area (Å²) in [6, 6.07) is 0.581. The topological polar surface area (TPSA) is 59.0 Å². The molecule has 5 heteroatoms. The van der Waals surface area contributed by atoms with Crippen LogP contribution in [0.2, 0.25) is 0 Å². The van der Waals surface area contributed by atoms with E-state index in [0.29, 0.717) is 6.04 Å². The molecule has 1 amide bonds. The number of carbonyl (C=O) groups excluding carboxylic acids is 1. The fourth-order valence-electron chi connectivity index (χ4n) is 2.06. The number of rotatable bonds is 4. The second kappa shape index (κ2) is 5.01. The summed E-state index contributed by atoms with van der Waals surface area (Å²) in [5.41, 5.74) is 1.01. The van der Waals surface area contributed by atoms with Crippen LogP contribution in [0.5, 0.6) is 0 Å². The Hall–Kier alpha value is -1.52. The van der Waals surface area contributed by atoms with Crippen molar-refractivity contribution in [3.8, 4) is 0 Å². The summed E-state index contributed by atoms with van der Waals surface area (Å²) in [5, 5.41) is 10.2. The van der Waals surface area contributed by atoms with Crippen molar-refractivity contribution in [3.05, 3.63) is 12.4 Å². The lowest BCUT2D eigenvalue weighted by Gasteiger charge is -2.10. The first-order valence-electron chi connectivity index (χ1n) is 5.77. The van der Waals surface area contributed by atoms with E-state index in [2.05, 4.69) is 15.7 Å². The number of anilines is 1. The molecule has 2 N–H and O–H groups in total. The van der Waals surface area contributed by atoms with Gasteiger partial charge < -0.3 is 10.6 Å². The fraction of sp³-hybridized carbons (Fsp3) is 0.636. The number of nitrogens with one attached hydrogen (secondary N) is 2. The predicted octanol–water partition coefficient (Wildman–Crippen LogP) is 0.984. The molecular formula is C11H18N4O. The van der Waals surface area contributed by atoms with Gasteiger partial charge in [0.2, 0.25) is 5.91 Å². The van der Waals surface area contributed by atoms with Crippen LogP contribution in [0, 0.1) is 0 Å². The van der Waals surface area contributed by atoms with E-state index in [1.807, 2.05) is 6.20 Å². The Morgan fingerprint density at radius 3 is 3.00 bits per heavy atom. The van der Waals surface area contributed by atoms with Gasteiger partial charge in [0.15, 0.2) is 0 Å². The van der Waals surface area contributed by atoms with Gasteiger partial charge in [-0.2, -0.15) is 5.10 Å². The van der Waals surface area contributed by atoms with Crippen molar-refractivity contribution in [2.24, 2.45) is 0 Å². The molecule has 88 valence electrons. The molecule has 0 aliphatic heterocycles. The normalized spacial score (nSPS) is 16.3. The highest BCUT2D eigenvalue weighted by Crippen LogP contribution is 2.21. The maximum atomic E-state index is 11.1. The van der Waals surface area contributed by atoms with E-state index < -0.39 is 0 Å². The minimum absolute atomic E-state index is 0.0319. The van der Waals surface area contributed by atoms with Crippen molar-refractivity contribution in [1.29, 1.82) is 0 Å². The van der Waals surface area contributed by atoms with Crippen molar-refractivity contribution >= 4 is 11.6 Å². The number of nitrogens with zero attached hydrogens (tertiary/aromatic N) is 2. The highest BCUT2D eigenvalue weighted by molar-refractivity contribution is 5.75. The summed E-state index contributed by atoms with van der Waals surface area (Å²) in [6.45, 7) is 0.281. The Morgan fingerprint density at radius 1 is 1.56 bits per heavy atom. The predicted molar refractivity (Wildman–Crippen MR) is 62.2 cm³/mol. The molecule has 0 radical (unpaired) electrons. The lowest BCUT2D eigenvalue weighted by Crippen LogP contribution is -2.23. The summed E-state index contributed by atoms with van der Waals surface area (Å²) in [5.74, 6) is -0.0319.